The van der Waals surface area contributed by atoms with Crippen LogP contribution in [0.4, 0.5) is 4.79 Å². The van der Waals surface area contributed by atoms with E-state index in [1.54, 1.807) is 25.7 Å². The maximum Gasteiger partial charge on any atom is 0.408 e. The number of alkyl carbamates (subject to hydrolysis) is 1. The maximum atomic E-state index is 12.6. The first-order chi connectivity index (χ1) is 9.40. The molecule has 1 aliphatic heterocycles. The number of nitrogens with one attached hydrogen (secondary N) is 1. The van der Waals surface area contributed by atoms with Gasteiger partial charge in [-0.3, -0.25) is 4.79 Å². The number of nitrogens with zero attached hydrogens (tertiary/aromatic N) is 1. The monoisotopic (exact) mass is 300 g/mol. The molecule has 1 aliphatic rings. The van der Waals surface area contributed by atoms with Crippen LogP contribution >= 0.6 is 0 Å². The average Bonchev–Trinajstić information content (AvgIpc) is 2.68. The summed E-state index contributed by atoms with van der Waals surface area (Å²) in [6.07, 6.45) is -0.499. The lowest BCUT2D eigenvalue weighted by Crippen LogP contribution is -2.55. The molecule has 2 atom stereocenters. The second-order valence-corrected chi connectivity index (χ2v) is 7.67. The molecule has 0 saturated carbocycles. The summed E-state index contributed by atoms with van der Waals surface area (Å²) in [5.41, 5.74) is -1.05. The van der Waals surface area contributed by atoms with Crippen LogP contribution in [0.25, 0.3) is 0 Å². The lowest BCUT2D eigenvalue weighted by Gasteiger charge is -2.34. The van der Waals surface area contributed by atoms with Gasteiger partial charge in [-0.2, -0.15) is 0 Å². The van der Waals surface area contributed by atoms with Crippen LogP contribution in [0, 0.1) is 5.41 Å². The van der Waals surface area contributed by atoms with Gasteiger partial charge in [0, 0.05) is 13.1 Å². The minimum atomic E-state index is -0.683. The van der Waals surface area contributed by atoms with Gasteiger partial charge >= 0.3 is 6.09 Å². The molecule has 0 spiro atoms. The molecular weight excluding hydrogens is 272 g/mol. The largest absolute Gasteiger partial charge is 0.444 e. The second-order valence-electron chi connectivity index (χ2n) is 7.67. The van der Waals surface area contributed by atoms with Gasteiger partial charge in [-0.1, -0.05) is 20.8 Å². The predicted molar refractivity (Wildman–Crippen MR) is 79.8 cm³/mol. The van der Waals surface area contributed by atoms with Gasteiger partial charge in [0.15, 0.2) is 0 Å². The van der Waals surface area contributed by atoms with Gasteiger partial charge in [-0.15, -0.1) is 0 Å². The lowest BCUT2D eigenvalue weighted by molar-refractivity contribution is -0.135. The molecule has 2 N–H and O–H groups in total. The van der Waals surface area contributed by atoms with E-state index in [1.807, 2.05) is 20.8 Å². The Morgan fingerprint density at radius 3 is 2.19 bits per heavy atom. The molecule has 2 amide bonds. The molecule has 0 bridgehead atoms. The number of likely N-dealkylation sites (tertiary alicyclic amines) is 1. The second kappa shape index (κ2) is 6.22. The van der Waals surface area contributed by atoms with Crippen molar-refractivity contribution in [1.82, 2.24) is 10.2 Å². The van der Waals surface area contributed by atoms with Gasteiger partial charge in [-0.25, -0.2) is 4.79 Å². The van der Waals surface area contributed by atoms with E-state index in [0.29, 0.717) is 19.5 Å². The van der Waals surface area contributed by atoms with E-state index in [4.69, 9.17) is 4.74 Å². The fourth-order valence-electron chi connectivity index (χ4n) is 2.20. The minimum absolute atomic E-state index is 0.176. The first-order valence-corrected chi connectivity index (χ1v) is 7.36. The molecule has 0 aromatic rings. The normalized spacial score (nSPS) is 21.1. The Morgan fingerprint density at radius 1 is 1.24 bits per heavy atom. The molecule has 21 heavy (non-hydrogen) atoms. The molecule has 1 rings (SSSR count). The molecule has 1 fully saturated rings. The van der Waals surface area contributed by atoms with Crippen molar-refractivity contribution in [2.75, 3.05) is 13.1 Å². The zero-order valence-electron chi connectivity index (χ0n) is 13.9. The van der Waals surface area contributed by atoms with E-state index in [2.05, 4.69) is 5.32 Å². The van der Waals surface area contributed by atoms with E-state index in [0.717, 1.165) is 0 Å². The number of rotatable bonds is 2. The van der Waals surface area contributed by atoms with Crippen molar-refractivity contribution >= 4 is 12.0 Å². The van der Waals surface area contributed by atoms with Gasteiger partial charge < -0.3 is 20.1 Å². The van der Waals surface area contributed by atoms with Gasteiger partial charge in [0.05, 0.1) is 6.10 Å². The standard InChI is InChI=1S/C15H28N2O4/c1-14(2,3)11(16-13(20)21-15(4,5)6)12(19)17-8-7-10(18)9-17/h10-11,18H,7-9H2,1-6H3,(H,16,20)/t10?,11-/m1/s1. The third-order valence-electron chi connectivity index (χ3n) is 3.25. The first kappa shape index (κ1) is 17.8. The van der Waals surface area contributed by atoms with Crippen molar-refractivity contribution < 1.29 is 19.4 Å². The van der Waals surface area contributed by atoms with Crippen LogP contribution in [0.3, 0.4) is 0 Å². The molecule has 122 valence electrons. The number of aliphatic hydroxyl groups is 1. The Bertz CT molecular complexity index is 395. The van der Waals surface area contributed by atoms with E-state index < -0.39 is 29.3 Å². The molecular formula is C15H28N2O4. The van der Waals surface area contributed by atoms with Crippen molar-refractivity contribution in [2.24, 2.45) is 5.41 Å². The number of ether oxygens (including phenoxy) is 1. The highest BCUT2D eigenvalue weighted by atomic mass is 16.6. The van der Waals surface area contributed by atoms with Crippen LogP contribution in [0.2, 0.25) is 0 Å². The molecule has 0 aliphatic carbocycles. The van der Waals surface area contributed by atoms with Gasteiger partial charge in [-0.05, 0) is 32.6 Å². The van der Waals surface area contributed by atoms with Crippen LogP contribution < -0.4 is 5.32 Å². The Balaban J connectivity index is 2.77. The molecule has 0 aromatic heterocycles. The van der Waals surface area contributed by atoms with Gasteiger partial charge in [0.2, 0.25) is 5.91 Å². The summed E-state index contributed by atoms with van der Waals surface area (Å²) >= 11 is 0. The molecule has 1 unspecified atom stereocenters. The Labute approximate surface area is 126 Å². The number of hydrogen-bond acceptors (Lipinski definition) is 4. The fourth-order valence-corrected chi connectivity index (χ4v) is 2.20. The van der Waals surface area contributed by atoms with E-state index in [9.17, 15) is 14.7 Å². The fraction of sp³-hybridized carbons (Fsp3) is 0.867. The Hall–Kier alpha value is -1.30. The smallest absolute Gasteiger partial charge is 0.408 e. The molecule has 0 aromatic carbocycles. The quantitative estimate of drug-likeness (QED) is 0.810. The van der Waals surface area contributed by atoms with Gasteiger partial charge in [0.25, 0.3) is 0 Å². The van der Waals surface area contributed by atoms with Crippen molar-refractivity contribution in [1.29, 1.82) is 0 Å². The number of carbonyl (C=O) groups is 2. The van der Waals surface area contributed by atoms with Crippen LogP contribution in [-0.4, -0.2) is 52.8 Å². The van der Waals surface area contributed by atoms with Crippen molar-refractivity contribution in [3.8, 4) is 0 Å². The summed E-state index contributed by atoms with van der Waals surface area (Å²) in [6.45, 7) is 11.8. The highest BCUT2D eigenvalue weighted by molar-refractivity contribution is 5.86. The zero-order chi connectivity index (χ0) is 16.4. The zero-order valence-corrected chi connectivity index (χ0v) is 13.9. The third kappa shape index (κ3) is 5.53. The summed E-state index contributed by atoms with van der Waals surface area (Å²) in [4.78, 5) is 26.1. The highest BCUT2D eigenvalue weighted by Gasteiger charge is 2.38. The molecule has 1 saturated heterocycles. The maximum absolute atomic E-state index is 12.6. The number of β-amino-alcohol motifs (C(OH)–C–C–N with tert-alkyl or cyclic N) is 1. The van der Waals surface area contributed by atoms with Crippen LogP contribution in [-0.2, 0) is 9.53 Å². The first-order valence-electron chi connectivity index (χ1n) is 7.36. The number of amides is 2. The average molecular weight is 300 g/mol. The van der Waals surface area contributed by atoms with Crippen molar-refractivity contribution in [3.63, 3.8) is 0 Å². The van der Waals surface area contributed by atoms with Crippen LogP contribution in [0.1, 0.15) is 48.0 Å². The Morgan fingerprint density at radius 2 is 1.81 bits per heavy atom. The summed E-state index contributed by atoms with van der Waals surface area (Å²) in [7, 11) is 0. The lowest BCUT2D eigenvalue weighted by atomic mass is 9.86. The number of hydrogen-bond donors (Lipinski definition) is 2. The van der Waals surface area contributed by atoms with Crippen molar-refractivity contribution in [2.45, 2.75) is 65.7 Å². The summed E-state index contributed by atoms with van der Waals surface area (Å²) < 4.78 is 5.23. The summed E-state index contributed by atoms with van der Waals surface area (Å²) in [5, 5.41) is 12.2. The van der Waals surface area contributed by atoms with E-state index in [-0.39, 0.29) is 5.91 Å². The molecule has 0 radical (unpaired) electrons. The molecule has 6 nitrogen and oxygen atoms in total. The minimum Gasteiger partial charge on any atom is -0.444 e. The topological polar surface area (TPSA) is 78.9 Å². The summed E-state index contributed by atoms with van der Waals surface area (Å²) in [5.74, 6) is -0.176. The third-order valence-corrected chi connectivity index (χ3v) is 3.25. The van der Waals surface area contributed by atoms with E-state index in [1.165, 1.54) is 0 Å². The highest BCUT2D eigenvalue weighted by Crippen LogP contribution is 2.23. The number of aliphatic hydroxyl groups excluding tert-OH is 1. The van der Waals surface area contributed by atoms with Crippen molar-refractivity contribution in [3.05, 3.63) is 0 Å². The van der Waals surface area contributed by atoms with Crippen LogP contribution in [0.5, 0.6) is 0 Å². The molecule has 1 heterocycles. The molecule has 6 heteroatoms. The van der Waals surface area contributed by atoms with E-state index >= 15 is 0 Å². The SMILES string of the molecule is CC(C)(C)OC(=O)N[C@H](C(=O)N1CCC(O)C1)C(C)(C)C. The summed E-state index contributed by atoms with van der Waals surface area (Å²) in [6, 6.07) is -0.683. The Kier molecular flexibility index (Phi) is 5.25. The van der Waals surface area contributed by atoms with Crippen LogP contribution in [0.15, 0.2) is 0 Å². The predicted octanol–water partition coefficient (Wildman–Crippen LogP) is 1.52. The van der Waals surface area contributed by atoms with Gasteiger partial charge in [0.1, 0.15) is 11.6 Å². The number of carbonyl (C=O) groups excluding carboxylic acids is 2.